The van der Waals surface area contributed by atoms with Gasteiger partial charge in [0.15, 0.2) is 0 Å². The van der Waals surface area contributed by atoms with Crippen molar-refractivity contribution in [2.45, 2.75) is 71.6 Å². The van der Waals surface area contributed by atoms with Gasteiger partial charge in [0.1, 0.15) is 18.0 Å². The van der Waals surface area contributed by atoms with Crippen LogP contribution in [0.3, 0.4) is 0 Å². The molecule has 0 saturated carbocycles. The van der Waals surface area contributed by atoms with Gasteiger partial charge in [0.2, 0.25) is 0 Å². The summed E-state index contributed by atoms with van der Waals surface area (Å²) in [6.45, 7) is 11.8. The number of benzene rings is 2. The van der Waals surface area contributed by atoms with Crippen LogP contribution >= 0.6 is 0 Å². The number of nitrogens with zero attached hydrogens (tertiary/aromatic N) is 1. The number of halogens is 3. The molecule has 2 aliphatic heterocycles. The van der Waals surface area contributed by atoms with Crippen LogP contribution in [0.15, 0.2) is 24.3 Å². The van der Waals surface area contributed by atoms with Crippen molar-refractivity contribution in [3.8, 4) is 11.5 Å². The standard InChI is InChI=1S/C15H18F3NO2.C13H17NO2.H2O/c1-14(2,3)10-5-9-7-19(8-15(16,17)18)13(20)12(9)11(6-10)21-4;1-13(2,3)9-5-8-7-14-12(15)11(8)10(6-9)16-4;/h5-6H,7-8H2,1-4H3;5-6H,7H2,1-4H3,(H,14,15);1H2. The van der Waals surface area contributed by atoms with Crippen molar-refractivity contribution in [2.75, 3.05) is 20.8 Å². The maximum Gasteiger partial charge on any atom is 0.406 e. The molecular weight excluding hydrogens is 501 g/mol. The van der Waals surface area contributed by atoms with Gasteiger partial charge in [-0.1, -0.05) is 53.7 Å². The Morgan fingerprint density at radius 1 is 0.816 bits per heavy atom. The molecule has 0 spiro atoms. The largest absolute Gasteiger partial charge is 0.496 e. The normalized spacial score (nSPS) is 14.7. The lowest BCUT2D eigenvalue weighted by Crippen LogP contribution is -2.34. The molecule has 10 heteroatoms. The number of ether oxygens (including phenoxy) is 2. The molecule has 2 aliphatic rings. The summed E-state index contributed by atoms with van der Waals surface area (Å²) in [7, 11) is 3.02. The van der Waals surface area contributed by atoms with E-state index >= 15 is 0 Å². The van der Waals surface area contributed by atoms with E-state index in [-0.39, 0.29) is 34.3 Å². The Labute approximate surface area is 221 Å². The molecule has 0 bridgehead atoms. The number of carbonyl (C=O) groups is 2. The summed E-state index contributed by atoms with van der Waals surface area (Å²) in [6, 6.07) is 7.58. The summed E-state index contributed by atoms with van der Waals surface area (Å²) < 4.78 is 48.1. The fourth-order valence-corrected chi connectivity index (χ4v) is 4.34. The van der Waals surface area contributed by atoms with Crippen molar-refractivity contribution < 1.29 is 37.7 Å². The van der Waals surface area contributed by atoms with Crippen LogP contribution in [0, 0.1) is 0 Å². The first-order valence-corrected chi connectivity index (χ1v) is 12.0. The number of hydrogen-bond acceptors (Lipinski definition) is 4. The molecular formula is C28H37F3N2O5. The first kappa shape index (κ1) is 31.0. The third kappa shape index (κ3) is 6.59. The van der Waals surface area contributed by atoms with E-state index in [0.717, 1.165) is 16.0 Å². The van der Waals surface area contributed by atoms with E-state index in [2.05, 4.69) is 32.2 Å². The second kappa shape index (κ2) is 10.8. The second-order valence-electron chi connectivity index (χ2n) is 11.4. The molecule has 7 nitrogen and oxygen atoms in total. The van der Waals surface area contributed by atoms with Crippen LogP contribution in [-0.2, 0) is 23.9 Å². The number of rotatable bonds is 3. The summed E-state index contributed by atoms with van der Waals surface area (Å²) in [5, 5.41) is 2.82. The highest BCUT2D eigenvalue weighted by Crippen LogP contribution is 2.37. The highest BCUT2D eigenvalue weighted by Gasteiger charge is 2.39. The van der Waals surface area contributed by atoms with Crippen LogP contribution in [0.1, 0.15) is 84.5 Å². The average molecular weight is 539 g/mol. The maximum absolute atomic E-state index is 12.5. The van der Waals surface area contributed by atoms with Gasteiger partial charge >= 0.3 is 6.18 Å². The highest BCUT2D eigenvalue weighted by atomic mass is 19.4. The van der Waals surface area contributed by atoms with Crippen molar-refractivity contribution in [1.29, 1.82) is 0 Å². The first-order chi connectivity index (χ1) is 17.0. The smallest absolute Gasteiger partial charge is 0.406 e. The fraction of sp³-hybridized carbons (Fsp3) is 0.500. The van der Waals surface area contributed by atoms with Crippen molar-refractivity contribution in [1.82, 2.24) is 10.2 Å². The Morgan fingerprint density at radius 3 is 1.74 bits per heavy atom. The van der Waals surface area contributed by atoms with Crippen LogP contribution < -0.4 is 14.8 Å². The third-order valence-corrected chi connectivity index (χ3v) is 6.44. The molecule has 210 valence electrons. The zero-order valence-electron chi connectivity index (χ0n) is 23.1. The molecule has 3 N–H and O–H groups in total. The number of nitrogens with one attached hydrogen (secondary N) is 1. The predicted octanol–water partition coefficient (Wildman–Crippen LogP) is 4.92. The van der Waals surface area contributed by atoms with E-state index in [0.29, 0.717) is 29.2 Å². The molecule has 38 heavy (non-hydrogen) atoms. The highest BCUT2D eigenvalue weighted by molar-refractivity contribution is 6.01. The summed E-state index contributed by atoms with van der Waals surface area (Å²) in [5.41, 5.74) is 4.57. The van der Waals surface area contributed by atoms with Gasteiger partial charge in [0.25, 0.3) is 11.8 Å². The summed E-state index contributed by atoms with van der Waals surface area (Å²) >= 11 is 0. The zero-order chi connectivity index (χ0) is 27.9. The molecule has 0 atom stereocenters. The Balaban J connectivity index is 0.000000269. The van der Waals surface area contributed by atoms with Gasteiger partial charge < -0.3 is 25.2 Å². The van der Waals surface area contributed by atoms with Gasteiger partial charge in [-0.05, 0) is 45.2 Å². The van der Waals surface area contributed by atoms with Gasteiger partial charge in [0.05, 0.1) is 25.3 Å². The number of alkyl halides is 3. The number of methoxy groups -OCH3 is 2. The van der Waals surface area contributed by atoms with Crippen LogP contribution in [0.2, 0.25) is 0 Å². The van der Waals surface area contributed by atoms with Crippen LogP contribution in [0.4, 0.5) is 13.2 Å². The Hall–Kier alpha value is -3.27. The van der Waals surface area contributed by atoms with Gasteiger partial charge in [0, 0.05) is 13.1 Å². The third-order valence-electron chi connectivity index (χ3n) is 6.44. The molecule has 0 unspecified atom stereocenters. The lowest BCUT2D eigenvalue weighted by molar-refractivity contribution is -0.140. The molecule has 2 aromatic rings. The van der Waals surface area contributed by atoms with E-state index < -0.39 is 18.6 Å². The van der Waals surface area contributed by atoms with E-state index in [1.165, 1.54) is 12.7 Å². The Kier molecular flexibility index (Phi) is 8.83. The van der Waals surface area contributed by atoms with Crippen LogP contribution in [0.5, 0.6) is 11.5 Å². The van der Waals surface area contributed by atoms with Crippen molar-refractivity contribution in [2.24, 2.45) is 0 Å². The minimum atomic E-state index is -4.40. The van der Waals surface area contributed by atoms with Gasteiger partial charge in [-0.2, -0.15) is 13.2 Å². The quantitative estimate of drug-likeness (QED) is 0.600. The number of hydrogen-bond donors (Lipinski definition) is 1. The van der Waals surface area contributed by atoms with Gasteiger partial charge in [-0.15, -0.1) is 0 Å². The number of carbonyl (C=O) groups excluding carboxylic acids is 2. The summed E-state index contributed by atoms with van der Waals surface area (Å²) in [5.74, 6) is 0.358. The van der Waals surface area contributed by atoms with Gasteiger partial charge in [-0.25, -0.2) is 0 Å². The lowest BCUT2D eigenvalue weighted by Gasteiger charge is -2.21. The van der Waals surface area contributed by atoms with Crippen molar-refractivity contribution in [3.63, 3.8) is 0 Å². The molecule has 0 aromatic heterocycles. The van der Waals surface area contributed by atoms with E-state index in [1.54, 1.807) is 19.2 Å². The summed E-state index contributed by atoms with van der Waals surface area (Å²) in [6.07, 6.45) is -4.40. The summed E-state index contributed by atoms with van der Waals surface area (Å²) in [4.78, 5) is 24.6. The predicted molar refractivity (Wildman–Crippen MR) is 139 cm³/mol. The first-order valence-electron chi connectivity index (χ1n) is 12.0. The lowest BCUT2D eigenvalue weighted by atomic mass is 9.85. The minimum Gasteiger partial charge on any atom is -0.496 e. The average Bonchev–Trinajstić information content (AvgIpc) is 3.30. The molecule has 2 heterocycles. The topological polar surface area (TPSA) is 99.4 Å². The van der Waals surface area contributed by atoms with Crippen LogP contribution in [-0.4, -0.2) is 49.1 Å². The Bertz CT molecular complexity index is 1210. The molecule has 0 radical (unpaired) electrons. The SMILES string of the molecule is COc1cc(C(C)(C)C)cc2c1C(=O)N(CC(F)(F)F)C2.COc1cc(C(C)(C)C)cc2c1C(=O)NC2.O. The van der Waals surface area contributed by atoms with Gasteiger partial charge in [-0.3, -0.25) is 9.59 Å². The van der Waals surface area contributed by atoms with E-state index in [9.17, 15) is 22.8 Å². The number of fused-ring (bicyclic) bond motifs is 2. The monoisotopic (exact) mass is 538 g/mol. The van der Waals surface area contributed by atoms with E-state index in [1.807, 2.05) is 26.8 Å². The molecule has 4 rings (SSSR count). The zero-order valence-corrected chi connectivity index (χ0v) is 23.1. The Morgan fingerprint density at radius 2 is 1.29 bits per heavy atom. The second-order valence-corrected chi connectivity index (χ2v) is 11.4. The van der Waals surface area contributed by atoms with Crippen molar-refractivity contribution >= 4 is 11.8 Å². The minimum absolute atomic E-state index is 0. The van der Waals surface area contributed by atoms with E-state index in [4.69, 9.17) is 9.47 Å². The van der Waals surface area contributed by atoms with Crippen LogP contribution in [0.25, 0.3) is 0 Å². The molecule has 2 aromatic carbocycles. The number of amides is 2. The van der Waals surface area contributed by atoms with Crippen molar-refractivity contribution in [3.05, 3.63) is 57.6 Å². The maximum atomic E-state index is 12.5. The fourth-order valence-electron chi connectivity index (χ4n) is 4.34. The molecule has 2 amide bonds. The molecule has 0 fully saturated rings. The molecule has 0 saturated heterocycles. The molecule has 0 aliphatic carbocycles.